The van der Waals surface area contributed by atoms with E-state index in [2.05, 4.69) is 16.9 Å². The van der Waals surface area contributed by atoms with Gasteiger partial charge in [0.1, 0.15) is 0 Å². The summed E-state index contributed by atoms with van der Waals surface area (Å²) in [5, 5.41) is 17.2. The van der Waals surface area contributed by atoms with Crippen molar-refractivity contribution >= 4 is 28.8 Å². The molecule has 0 aliphatic heterocycles. The van der Waals surface area contributed by atoms with Crippen LogP contribution in [0, 0.1) is 10.1 Å². The number of hydrogen-bond acceptors (Lipinski definition) is 5. The maximum Gasteiger partial charge on any atom is 0.273 e. The van der Waals surface area contributed by atoms with Crippen LogP contribution in [0.15, 0.2) is 18.2 Å². The quantitative estimate of drug-likeness (QED) is 0.618. The molecule has 2 N–H and O–H groups in total. The topological polar surface area (TPSA) is 67.2 Å². The van der Waals surface area contributed by atoms with Crippen molar-refractivity contribution in [2.24, 2.45) is 0 Å². The number of nitrogens with zero attached hydrogens (tertiary/aromatic N) is 1. The molecule has 1 aliphatic rings. The van der Waals surface area contributed by atoms with Crippen LogP contribution in [0.25, 0.3) is 0 Å². The van der Waals surface area contributed by atoms with E-state index in [0.29, 0.717) is 4.75 Å². The fourth-order valence-electron chi connectivity index (χ4n) is 2.25. The molecule has 0 aromatic heterocycles. The van der Waals surface area contributed by atoms with Gasteiger partial charge >= 0.3 is 0 Å². The number of thioether (sulfide) groups is 1. The third-order valence-electron chi connectivity index (χ3n) is 3.73. The van der Waals surface area contributed by atoms with E-state index in [0.717, 1.165) is 17.9 Å². The molecular weight excluding hydrogens is 262 g/mol. The van der Waals surface area contributed by atoms with Crippen molar-refractivity contribution in [3.05, 3.63) is 28.3 Å². The number of nitro groups is 1. The van der Waals surface area contributed by atoms with Crippen LogP contribution in [0.2, 0.25) is 0 Å². The van der Waals surface area contributed by atoms with Crippen molar-refractivity contribution in [1.82, 2.24) is 0 Å². The minimum atomic E-state index is -0.361. The summed E-state index contributed by atoms with van der Waals surface area (Å²) >= 11 is 1.89. The lowest BCUT2D eigenvalue weighted by atomic mass is 9.84. The van der Waals surface area contributed by atoms with Crippen LogP contribution in [0.1, 0.15) is 19.3 Å². The van der Waals surface area contributed by atoms with Gasteiger partial charge < -0.3 is 10.6 Å². The van der Waals surface area contributed by atoms with Crippen molar-refractivity contribution in [1.29, 1.82) is 0 Å². The lowest BCUT2D eigenvalue weighted by molar-refractivity contribution is -0.384. The number of nitrogens with one attached hydrogen (secondary N) is 2. The zero-order valence-electron chi connectivity index (χ0n) is 11.2. The molecule has 0 unspecified atom stereocenters. The number of hydrogen-bond donors (Lipinski definition) is 2. The van der Waals surface area contributed by atoms with E-state index in [-0.39, 0.29) is 10.6 Å². The van der Waals surface area contributed by atoms with E-state index in [9.17, 15) is 10.1 Å². The van der Waals surface area contributed by atoms with E-state index in [4.69, 9.17) is 0 Å². The first-order valence-electron chi connectivity index (χ1n) is 6.35. The SMILES string of the molecule is CNc1cc(NCC2(SC)CCC2)cc([N+](=O)[O-])c1. The highest BCUT2D eigenvalue weighted by molar-refractivity contribution is 8.00. The van der Waals surface area contributed by atoms with Crippen molar-refractivity contribution in [2.75, 3.05) is 30.5 Å². The number of non-ortho nitro benzene ring substituents is 1. The van der Waals surface area contributed by atoms with Gasteiger partial charge in [-0.25, -0.2) is 0 Å². The summed E-state index contributed by atoms with van der Waals surface area (Å²) < 4.78 is 0.310. The molecule has 19 heavy (non-hydrogen) atoms. The normalized spacial score (nSPS) is 16.5. The number of benzene rings is 1. The number of nitro benzene ring substituents is 1. The zero-order chi connectivity index (χ0) is 13.9. The Labute approximate surface area is 117 Å². The van der Waals surface area contributed by atoms with Crippen LogP contribution < -0.4 is 10.6 Å². The fraction of sp³-hybridized carbons (Fsp3) is 0.538. The van der Waals surface area contributed by atoms with Gasteiger partial charge in [-0.3, -0.25) is 10.1 Å². The summed E-state index contributed by atoms with van der Waals surface area (Å²) in [6.45, 7) is 0.860. The van der Waals surface area contributed by atoms with E-state index in [1.54, 1.807) is 19.2 Å². The standard InChI is InChI=1S/C13H19N3O2S/c1-14-10-6-11(8-12(7-10)16(17)18)15-9-13(19-2)4-3-5-13/h6-8,14-15H,3-5,9H2,1-2H3. The second-order valence-electron chi connectivity index (χ2n) is 4.87. The largest absolute Gasteiger partial charge is 0.388 e. The molecule has 0 atom stereocenters. The molecule has 104 valence electrons. The second-order valence-corrected chi connectivity index (χ2v) is 6.14. The van der Waals surface area contributed by atoms with Gasteiger partial charge in [-0.15, -0.1) is 0 Å². The smallest absolute Gasteiger partial charge is 0.273 e. The van der Waals surface area contributed by atoms with Gasteiger partial charge in [0, 0.05) is 41.8 Å². The minimum absolute atomic E-state index is 0.112. The molecular formula is C13H19N3O2S. The van der Waals surface area contributed by atoms with Crippen LogP contribution in [0.4, 0.5) is 17.1 Å². The van der Waals surface area contributed by atoms with Crippen LogP contribution >= 0.6 is 11.8 Å². The van der Waals surface area contributed by atoms with Crippen molar-refractivity contribution in [2.45, 2.75) is 24.0 Å². The Hall–Kier alpha value is -1.43. The highest BCUT2D eigenvalue weighted by Crippen LogP contribution is 2.42. The van der Waals surface area contributed by atoms with Crippen LogP contribution in [-0.2, 0) is 0 Å². The summed E-state index contributed by atoms with van der Waals surface area (Å²) in [5.74, 6) is 0. The van der Waals surface area contributed by atoms with Crippen molar-refractivity contribution in [3.63, 3.8) is 0 Å². The molecule has 6 heteroatoms. The minimum Gasteiger partial charge on any atom is -0.388 e. The molecule has 0 saturated heterocycles. The molecule has 0 bridgehead atoms. The third kappa shape index (κ3) is 3.12. The first-order valence-corrected chi connectivity index (χ1v) is 7.57. The molecule has 0 heterocycles. The van der Waals surface area contributed by atoms with Gasteiger partial charge in [0.15, 0.2) is 0 Å². The van der Waals surface area contributed by atoms with Crippen molar-refractivity contribution in [3.8, 4) is 0 Å². The molecule has 1 aliphatic carbocycles. The monoisotopic (exact) mass is 281 g/mol. The maximum atomic E-state index is 10.9. The van der Waals surface area contributed by atoms with Crippen LogP contribution in [0.3, 0.4) is 0 Å². The Morgan fingerprint density at radius 1 is 1.37 bits per heavy atom. The van der Waals surface area contributed by atoms with Gasteiger partial charge in [0.05, 0.1) is 4.92 Å². The molecule has 0 radical (unpaired) electrons. The first-order chi connectivity index (χ1) is 9.08. The third-order valence-corrected chi connectivity index (χ3v) is 5.15. The molecule has 5 nitrogen and oxygen atoms in total. The van der Waals surface area contributed by atoms with Gasteiger partial charge in [-0.1, -0.05) is 6.42 Å². The predicted molar refractivity (Wildman–Crippen MR) is 81.2 cm³/mol. The average Bonchev–Trinajstić information content (AvgIpc) is 2.37. The molecule has 1 fully saturated rings. The Balaban J connectivity index is 2.11. The van der Waals surface area contributed by atoms with Crippen LogP contribution in [-0.4, -0.2) is 29.5 Å². The predicted octanol–water partition coefficient (Wildman–Crippen LogP) is 3.33. The Bertz CT molecular complexity index is 469. The van der Waals surface area contributed by atoms with Crippen LogP contribution in [0.5, 0.6) is 0 Å². The van der Waals surface area contributed by atoms with E-state index in [1.807, 2.05) is 17.8 Å². The summed E-state index contributed by atoms with van der Waals surface area (Å²) in [6, 6.07) is 5.03. The van der Waals surface area contributed by atoms with Gasteiger partial charge in [-0.2, -0.15) is 11.8 Å². The van der Waals surface area contributed by atoms with Gasteiger partial charge in [0.25, 0.3) is 5.69 Å². The Kier molecular flexibility index (Phi) is 4.19. The van der Waals surface area contributed by atoms with Gasteiger partial charge in [0.2, 0.25) is 0 Å². The first kappa shape index (κ1) is 14.0. The van der Waals surface area contributed by atoms with Gasteiger partial charge in [-0.05, 0) is 25.2 Å². The zero-order valence-corrected chi connectivity index (χ0v) is 12.0. The summed E-state index contributed by atoms with van der Waals surface area (Å²) in [5.41, 5.74) is 1.67. The Morgan fingerprint density at radius 2 is 2.05 bits per heavy atom. The molecule has 1 aromatic carbocycles. The molecule has 0 spiro atoms. The molecule has 2 rings (SSSR count). The fourth-order valence-corrected chi connectivity index (χ4v) is 3.16. The number of rotatable bonds is 6. The molecule has 0 amide bonds. The lowest BCUT2D eigenvalue weighted by Crippen LogP contribution is -2.40. The Morgan fingerprint density at radius 3 is 2.53 bits per heavy atom. The summed E-state index contributed by atoms with van der Waals surface area (Å²) in [7, 11) is 1.76. The highest BCUT2D eigenvalue weighted by atomic mass is 32.2. The number of anilines is 2. The average molecular weight is 281 g/mol. The summed E-state index contributed by atoms with van der Waals surface area (Å²) in [6.07, 6.45) is 5.84. The van der Waals surface area contributed by atoms with E-state index in [1.165, 1.54) is 19.3 Å². The molecule has 1 saturated carbocycles. The maximum absolute atomic E-state index is 10.9. The van der Waals surface area contributed by atoms with E-state index < -0.39 is 0 Å². The summed E-state index contributed by atoms with van der Waals surface area (Å²) in [4.78, 5) is 10.5. The second kappa shape index (κ2) is 5.69. The lowest BCUT2D eigenvalue weighted by Gasteiger charge is -2.40. The van der Waals surface area contributed by atoms with Crippen molar-refractivity contribution < 1.29 is 4.92 Å². The van der Waals surface area contributed by atoms with E-state index >= 15 is 0 Å². The molecule has 1 aromatic rings. The highest BCUT2D eigenvalue weighted by Gasteiger charge is 2.35.